The van der Waals surface area contributed by atoms with Crippen LogP contribution >= 0.6 is 0 Å². The second-order valence-corrected chi connectivity index (χ2v) is 6.25. The van der Waals surface area contributed by atoms with Gasteiger partial charge in [-0.1, -0.05) is 13.3 Å². The number of anilines is 1. The Balaban J connectivity index is 1.80. The zero-order chi connectivity index (χ0) is 17.6. The Kier molecular flexibility index (Phi) is 5.58. The van der Waals surface area contributed by atoms with Gasteiger partial charge < -0.3 is 14.8 Å². The number of aromatic nitrogens is 2. The van der Waals surface area contributed by atoms with E-state index in [1.807, 2.05) is 12.1 Å². The van der Waals surface area contributed by atoms with Gasteiger partial charge in [0.25, 0.3) is 5.91 Å². The average molecular weight is 343 g/mol. The fourth-order valence-electron chi connectivity index (χ4n) is 3.04. The third-order valence-corrected chi connectivity index (χ3v) is 4.46. The summed E-state index contributed by atoms with van der Waals surface area (Å²) in [6, 6.07) is 5.43. The van der Waals surface area contributed by atoms with E-state index in [9.17, 15) is 4.79 Å². The molecule has 0 unspecified atom stereocenters. The minimum absolute atomic E-state index is 0.215. The van der Waals surface area contributed by atoms with Gasteiger partial charge in [-0.2, -0.15) is 5.10 Å². The van der Waals surface area contributed by atoms with E-state index in [0.717, 1.165) is 49.8 Å². The van der Waals surface area contributed by atoms with Crippen LogP contribution in [0.3, 0.4) is 0 Å². The van der Waals surface area contributed by atoms with Crippen molar-refractivity contribution in [3.05, 3.63) is 35.2 Å². The van der Waals surface area contributed by atoms with Crippen LogP contribution in [0.4, 0.5) is 5.69 Å². The summed E-state index contributed by atoms with van der Waals surface area (Å²) >= 11 is 0. The standard InChI is InChI=1S/C19H25N3O3/c1-3-4-11-25-17-10-9-13(24-2)12-16(17)20-19(23)18-14-7-5-6-8-15(14)21-22-18/h9-10,12H,3-8,11H2,1-2H3,(H,20,23)(H,21,22). The molecule has 1 heterocycles. The number of carbonyl (C=O) groups excluding carboxylic acids is 1. The van der Waals surface area contributed by atoms with Crippen molar-refractivity contribution in [2.45, 2.75) is 45.4 Å². The van der Waals surface area contributed by atoms with Crippen LogP contribution in [0.5, 0.6) is 11.5 Å². The predicted molar refractivity (Wildman–Crippen MR) is 96.6 cm³/mol. The molecule has 1 aromatic carbocycles. The van der Waals surface area contributed by atoms with Gasteiger partial charge in [0, 0.05) is 17.3 Å². The number of nitrogens with one attached hydrogen (secondary N) is 2. The molecule has 6 nitrogen and oxygen atoms in total. The molecule has 2 N–H and O–H groups in total. The number of unbranched alkanes of at least 4 members (excludes halogenated alkanes) is 1. The van der Waals surface area contributed by atoms with Crippen molar-refractivity contribution in [3.63, 3.8) is 0 Å². The van der Waals surface area contributed by atoms with Crippen LogP contribution in [-0.2, 0) is 12.8 Å². The Labute approximate surface area is 147 Å². The number of benzene rings is 1. The van der Waals surface area contributed by atoms with Gasteiger partial charge >= 0.3 is 0 Å². The average Bonchev–Trinajstić information content (AvgIpc) is 3.07. The molecule has 0 fully saturated rings. The van der Waals surface area contributed by atoms with Crippen molar-refractivity contribution in [1.29, 1.82) is 0 Å². The van der Waals surface area contributed by atoms with E-state index in [1.165, 1.54) is 0 Å². The van der Waals surface area contributed by atoms with Gasteiger partial charge in [-0.05, 0) is 44.2 Å². The summed E-state index contributed by atoms with van der Waals surface area (Å²) in [6.45, 7) is 2.73. The van der Waals surface area contributed by atoms with Crippen LogP contribution in [0.1, 0.15) is 54.4 Å². The van der Waals surface area contributed by atoms with E-state index < -0.39 is 0 Å². The van der Waals surface area contributed by atoms with Gasteiger partial charge in [0.15, 0.2) is 5.69 Å². The smallest absolute Gasteiger partial charge is 0.276 e. The molecular formula is C19H25N3O3. The predicted octanol–water partition coefficient (Wildman–Crippen LogP) is 3.73. The molecule has 134 valence electrons. The molecule has 6 heteroatoms. The maximum Gasteiger partial charge on any atom is 0.276 e. The molecule has 1 amide bonds. The molecule has 0 saturated heterocycles. The molecule has 0 spiro atoms. The van der Waals surface area contributed by atoms with Gasteiger partial charge in [0.2, 0.25) is 0 Å². The molecule has 1 aliphatic rings. The van der Waals surface area contributed by atoms with E-state index in [-0.39, 0.29) is 5.91 Å². The van der Waals surface area contributed by atoms with Crippen molar-refractivity contribution >= 4 is 11.6 Å². The van der Waals surface area contributed by atoms with E-state index >= 15 is 0 Å². The lowest BCUT2D eigenvalue weighted by atomic mass is 9.96. The van der Waals surface area contributed by atoms with E-state index in [2.05, 4.69) is 22.4 Å². The quantitative estimate of drug-likeness (QED) is 0.751. The lowest BCUT2D eigenvalue weighted by Gasteiger charge is -2.14. The SMILES string of the molecule is CCCCOc1ccc(OC)cc1NC(=O)c1n[nH]c2c1CCCC2. The van der Waals surface area contributed by atoms with Crippen molar-refractivity contribution in [3.8, 4) is 11.5 Å². The maximum absolute atomic E-state index is 12.7. The molecule has 0 bridgehead atoms. The molecule has 0 saturated carbocycles. The molecule has 0 radical (unpaired) electrons. The summed E-state index contributed by atoms with van der Waals surface area (Å²) in [4.78, 5) is 12.7. The van der Waals surface area contributed by atoms with Crippen LogP contribution in [-0.4, -0.2) is 29.8 Å². The Morgan fingerprint density at radius 2 is 2.16 bits per heavy atom. The maximum atomic E-state index is 12.7. The summed E-state index contributed by atoms with van der Waals surface area (Å²) in [7, 11) is 1.60. The summed E-state index contributed by atoms with van der Waals surface area (Å²) in [5, 5.41) is 10.2. The molecule has 1 aliphatic carbocycles. The topological polar surface area (TPSA) is 76.2 Å². The zero-order valence-corrected chi connectivity index (χ0v) is 14.9. The van der Waals surface area contributed by atoms with Crippen LogP contribution in [0.2, 0.25) is 0 Å². The summed E-state index contributed by atoms with van der Waals surface area (Å²) in [5.41, 5.74) is 3.21. The van der Waals surface area contributed by atoms with Gasteiger partial charge in [-0.15, -0.1) is 0 Å². The molecular weight excluding hydrogens is 318 g/mol. The molecule has 25 heavy (non-hydrogen) atoms. The first-order chi connectivity index (χ1) is 12.2. The first kappa shape index (κ1) is 17.3. The number of hydrogen-bond acceptors (Lipinski definition) is 4. The van der Waals surface area contributed by atoms with E-state index in [0.29, 0.717) is 29.5 Å². The third-order valence-electron chi connectivity index (χ3n) is 4.46. The Morgan fingerprint density at radius 3 is 2.96 bits per heavy atom. The number of hydrogen-bond donors (Lipinski definition) is 2. The zero-order valence-electron chi connectivity index (χ0n) is 14.9. The lowest BCUT2D eigenvalue weighted by molar-refractivity contribution is 0.102. The number of rotatable bonds is 7. The van der Waals surface area contributed by atoms with Crippen LogP contribution in [0, 0.1) is 0 Å². The summed E-state index contributed by atoms with van der Waals surface area (Å²) in [6.07, 6.45) is 6.11. The summed E-state index contributed by atoms with van der Waals surface area (Å²) in [5.74, 6) is 1.10. The highest BCUT2D eigenvalue weighted by Gasteiger charge is 2.22. The van der Waals surface area contributed by atoms with Crippen molar-refractivity contribution in [1.82, 2.24) is 10.2 Å². The second kappa shape index (κ2) is 8.05. The van der Waals surface area contributed by atoms with Gasteiger partial charge in [-0.25, -0.2) is 0 Å². The number of ether oxygens (including phenoxy) is 2. The minimum Gasteiger partial charge on any atom is -0.497 e. The van der Waals surface area contributed by atoms with Crippen LogP contribution in [0.25, 0.3) is 0 Å². The Bertz CT molecular complexity index is 740. The third kappa shape index (κ3) is 3.95. The molecule has 3 rings (SSSR count). The van der Waals surface area contributed by atoms with Gasteiger partial charge in [0.05, 0.1) is 19.4 Å². The number of nitrogens with zero attached hydrogens (tertiary/aromatic N) is 1. The normalized spacial score (nSPS) is 13.2. The number of aromatic amines is 1. The first-order valence-corrected chi connectivity index (χ1v) is 8.91. The van der Waals surface area contributed by atoms with E-state index in [1.54, 1.807) is 13.2 Å². The van der Waals surface area contributed by atoms with Crippen LogP contribution < -0.4 is 14.8 Å². The Hall–Kier alpha value is -2.50. The van der Waals surface area contributed by atoms with Gasteiger partial charge in [0.1, 0.15) is 11.5 Å². The van der Waals surface area contributed by atoms with Gasteiger partial charge in [-0.3, -0.25) is 9.89 Å². The minimum atomic E-state index is -0.215. The first-order valence-electron chi connectivity index (χ1n) is 8.91. The fourth-order valence-corrected chi connectivity index (χ4v) is 3.04. The monoisotopic (exact) mass is 343 g/mol. The fraction of sp³-hybridized carbons (Fsp3) is 0.474. The highest BCUT2D eigenvalue weighted by molar-refractivity contribution is 6.05. The lowest BCUT2D eigenvalue weighted by Crippen LogP contribution is -2.16. The molecule has 1 aromatic heterocycles. The van der Waals surface area contributed by atoms with Crippen molar-refractivity contribution < 1.29 is 14.3 Å². The molecule has 0 aliphatic heterocycles. The molecule has 0 atom stereocenters. The number of methoxy groups -OCH3 is 1. The van der Waals surface area contributed by atoms with Crippen molar-refractivity contribution in [2.75, 3.05) is 19.0 Å². The van der Waals surface area contributed by atoms with E-state index in [4.69, 9.17) is 9.47 Å². The Morgan fingerprint density at radius 1 is 1.32 bits per heavy atom. The van der Waals surface area contributed by atoms with Crippen molar-refractivity contribution in [2.24, 2.45) is 0 Å². The number of carbonyl (C=O) groups is 1. The highest BCUT2D eigenvalue weighted by Crippen LogP contribution is 2.30. The van der Waals surface area contributed by atoms with Crippen LogP contribution in [0.15, 0.2) is 18.2 Å². The second-order valence-electron chi connectivity index (χ2n) is 6.25. The summed E-state index contributed by atoms with van der Waals surface area (Å²) < 4.78 is 11.1. The highest BCUT2D eigenvalue weighted by atomic mass is 16.5. The molecule has 2 aromatic rings. The number of H-pyrrole nitrogens is 1. The number of amides is 1. The number of fused-ring (bicyclic) bond motifs is 1. The largest absolute Gasteiger partial charge is 0.497 e. The number of aryl methyl sites for hydroxylation is 1.